The van der Waals surface area contributed by atoms with Crippen LogP contribution in [0.25, 0.3) is 5.57 Å². The zero-order valence-electron chi connectivity index (χ0n) is 16.4. The highest BCUT2D eigenvalue weighted by Crippen LogP contribution is 2.34. The van der Waals surface area contributed by atoms with E-state index in [4.69, 9.17) is 16.7 Å². The van der Waals surface area contributed by atoms with Crippen molar-refractivity contribution in [3.8, 4) is 0 Å². The van der Waals surface area contributed by atoms with Gasteiger partial charge in [-0.15, -0.1) is 0 Å². The Balaban J connectivity index is 2.05. The van der Waals surface area contributed by atoms with Crippen molar-refractivity contribution in [3.63, 3.8) is 0 Å². The number of hydrogen-bond donors (Lipinski definition) is 2. The van der Waals surface area contributed by atoms with Gasteiger partial charge in [-0.1, -0.05) is 42.7 Å². The third kappa shape index (κ3) is 5.18. The van der Waals surface area contributed by atoms with Gasteiger partial charge in [0.25, 0.3) is 5.56 Å². The summed E-state index contributed by atoms with van der Waals surface area (Å²) in [5, 5.41) is 9.08. The van der Waals surface area contributed by atoms with Crippen LogP contribution >= 0.6 is 11.6 Å². The molecule has 1 heterocycles. The van der Waals surface area contributed by atoms with Crippen LogP contribution in [0.15, 0.2) is 46.1 Å². The Morgan fingerprint density at radius 1 is 1.24 bits per heavy atom. The summed E-state index contributed by atoms with van der Waals surface area (Å²) in [7, 11) is -3.56. The predicted octanol–water partition coefficient (Wildman–Crippen LogP) is 4.11. The summed E-state index contributed by atoms with van der Waals surface area (Å²) < 4.78 is 24.9. The minimum Gasteiger partial charge on any atom is -0.396 e. The van der Waals surface area contributed by atoms with E-state index in [2.05, 4.69) is 11.1 Å². The monoisotopic (exact) mass is 435 g/mol. The third-order valence-corrected chi connectivity index (χ3v) is 7.62. The third-order valence-electron chi connectivity index (χ3n) is 5.35. The lowest BCUT2D eigenvalue weighted by Gasteiger charge is -2.14. The normalized spacial score (nSPS) is 15.8. The number of aliphatic hydroxyl groups is 1. The molecule has 0 aliphatic heterocycles. The summed E-state index contributed by atoms with van der Waals surface area (Å²) in [6.45, 7) is 1.57. The molecule has 156 valence electrons. The summed E-state index contributed by atoms with van der Waals surface area (Å²) in [6, 6.07) is 8.55. The summed E-state index contributed by atoms with van der Waals surface area (Å²) in [5.74, 6) is 0.264. The number of aromatic nitrogens is 1. The number of aromatic amines is 1. The standard InChI is InChI=1S/C22H26ClNO4S/c1-15-7-9-20(24-22(15)26)18(13-16-5-2-3-6-16)17-8-10-21(19(23)14-17)29(27,28)12-4-11-25/h7-10,13-14,16,25H,2-6,11-12H2,1H3,(H,24,26)/b18-13+. The van der Waals surface area contributed by atoms with Crippen LogP contribution in [0.4, 0.5) is 0 Å². The van der Waals surface area contributed by atoms with E-state index in [9.17, 15) is 13.2 Å². The number of H-pyrrole nitrogens is 1. The van der Waals surface area contributed by atoms with Gasteiger partial charge in [-0.2, -0.15) is 0 Å². The van der Waals surface area contributed by atoms with Crippen molar-refractivity contribution in [2.75, 3.05) is 12.4 Å². The Bertz CT molecular complexity index is 1070. The number of benzene rings is 1. The molecule has 0 saturated heterocycles. The number of nitrogens with one attached hydrogen (secondary N) is 1. The minimum atomic E-state index is -3.56. The fraction of sp³-hybridized carbons (Fsp3) is 0.409. The maximum Gasteiger partial charge on any atom is 0.251 e. The summed E-state index contributed by atoms with van der Waals surface area (Å²) in [5.41, 5.74) is 2.81. The number of aliphatic hydroxyl groups excluding tert-OH is 1. The summed E-state index contributed by atoms with van der Waals surface area (Å²) >= 11 is 6.36. The summed E-state index contributed by atoms with van der Waals surface area (Å²) in [4.78, 5) is 15.1. The molecular weight excluding hydrogens is 410 g/mol. The van der Waals surface area contributed by atoms with Crippen LogP contribution in [0.5, 0.6) is 0 Å². The quantitative estimate of drug-likeness (QED) is 0.684. The molecule has 0 unspecified atom stereocenters. The van der Waals surface area contributed by atoms with Crippen LogP contribution in [0.3, 0.4) is 0 Å². The maximum absolute atomic E-state index is 12.5. The molecule has 2 aromatic rings. The molecule has 0 atom stereocenters. The molecule has 0 radical (unpaired) electrons. The zero-order chi connectivity index (χ0) is 21.0. The Morgan fingerprint density at radius 3 is 2.59 bits per heavy atom. The van der Waals surface area contributed by atoms with E-state index in [0.717, 1.165) is 24.0 Å². The van der Waals surface area contributed by atoms with Crippen LogP contribution in [0.1, 0.15) is 48.9 Å². The Labute approximate surface area is 176 Å². The van der Waals surface area contributed by atoms with Crippen molar-refractivity contribution in [1.29, 1.82) is 0 Å². The van der Waals surface area contributed by atoms with Gasteiger partial charge in [0.05, 0.1) is 15.7 Å². The lowest BCUT2D eigenvalue weighted by molar-refractivity contribution is 0.295. The molecule has 1 aromatic carbocycles. The van der Waals surface area contributed by atoms with Gasteiger partial charge in [0.2, 0.25) is 0 Å². The van der Waals surface area contributed by atoms with Crippen LogP contribution in [0.2, 0.25) is 5.02 Å². The fourth-order valence-electron chi connectivity index (χ4n) is 3.69. The smallest absolute Gasteiger partial charge is 0.251 e. The SMILES string of the molecule is Cc1ccc(/C(=C/C2CCCC2)c2ccc(S(=O)(=O)CCCO)c(Cl)c2)[nH]c1=O. The number of pyridine rings is 1. The number of aryl methyl sites for hydroxylation is 1. The van der Waals surface area contributed by atoms with Gasteiger partial charge >= 0.3 is 0 Å². The first-order chi connectivity index (χ1) is 13.8. The largest absolute Gasteiger partial charge is 0.396 e. The van der Waals surface area contributed by atoms with E-state index in [0.29, 0.717) is 17.2 Å². The average molecular weight is 436 g/mol. The Morgan fingerprint density at radius 2 is 1.97 bits per heavy atom. The molecule has 3 rings (SSSR count). The second-order valence-electron chi connectivity index (χ2n) is 7.55. The van der Waals surface area contributed by atoms with Gasteiger partial charge in [-0.05, 0) is 55.9 Å². The highest BCUT2D eigenvalue weighted by molar-refractivity contribution is 7.91. The van der Waals surface area contributed by atoms with Gasteiger partial charge in [-0.25, -0.2) is 8.42 Å². The number of sulfone groups is 1. The van der Waals surface area contributed by atoms with E-state index < -0.39 is 9.84 Å². The number of halogens is 1. The van der Waals surface area contributed by atoms with E-state index in [-0.39, 0.29) is 34.3 Å². The molecule has 7 heteroatoms. The Hall–Kier alpha value is -1.89. The van der Waals surface area contributed by atoms with Crippen molar-refractivity contribution in [1.82, 2.24) is 4.98 Å². The van der Waals surface area contributed by atoms with Crippen LogP contribution < -0.4 is 5.56 Å². The Kier molecular flexibility index (Phi) is 6.98. The lowest BCUT2D eigenvalue weighted by atomic mass is 9.96. The average Bonchev–Trinajstić information content (AvgIpc) is 3.20. The maximum atomic E-state index is 12.5. The van der Waals surface area contributed by atoms with E-state index in [1.165, 1.54) is 18.9 Å². The van der Waals surface area contributed by atoms with E-state index >= 15 is 0 Å². The summed E-state index contributed by atoms with van der Waals surface area (Å²) in [6.07, 6.45) is 6.89. The molecule has 0 spiro atoms. The molecule has 29 heavy (non-hydrogen) atoms. The number of allylic oxidation sites excluding steroid dienone is 1. The van der Waals surface area contributed by atoms with Gasteiger partial charge in [0.1, 0.15) is 0 Å². The predicted molar refractivity (Wildman–Crippen MR) is 116 cm³/mol. The second kappa shape index (κ2) is 9.28. The molecule has 2 N–H and O–H groups in total. The molecule has 1 saturated carbocycles. The van der Waals surface area contributed by atoms with Crippen molar-refractivity contribution in [2.24, 2.45) is 5.92 Å². The van der Waals surface area contributed by atoms with Gasteiger partial charge < -0.3 is 10.1 Å². The second-order valence-corrected chi connectivity index (χ2v) is 10.0. The van der Waals surface area contributed by atoms with Gasteiger partial charge in [0.15, 0.2) is 9.84 Å². The van der Waals surface area contributed by atoms with E-state index in [1.54, 1.807) is 25.1 Å². The molecule has 1 fully saturated rings. The molecule has 5 nitrogen and oxygen atoms in total. The van der Waals surface area contributed by atoms with Crippen LogP contribution in [0, 0.1) is 12.8 Å². The van der Waals surface area contributed by atoms with Crippen molar-refractivity contribution >= 4 is 27.0 Å². The molecule has 0 amide bonds. The van der Waals surface area contributed by atoms with Crippen molar-refractivity contribution in [2.45, 2.75) is 43.9 Å². The first kappa shape index (κ1) is 21.8. The van der Waals surface area contributed by atoms with Crippen LogP contribution in [-0.4, -0.2) is 30.9 Å². The fourth-order valence-corrected chi connectivity index (χ4v) is 5.58. The van der Waals surface area contributed by atoms with Crippen LogP contribution in [-0.2, 0) is 9.84 Å². The van der Waals surface area contributed by atoms with Gasteiger partial charge in [-0.3, -0.25) is 4.79 Å². The topological polar surface area (TPSA) is 87.2 Å². The van der Waals surface area contributed by atoms with Crippen molar-refractivity contribution in [3.05, 3.63) is 68.6 Å². The minimum absolute atomic E-state index is 0.0639. The number of hydrogen-bond acceptors (Lipinski definition) is 4. The molecule has 1 aliphatic carbocycles. The van der Waals surface area contributed by atoms with Crippen molar-refractivity contribution < 1.29 is 13.5 Å². The van der Waals surface area contributed by atoms with Gasteiger partial charge in [0, 0.05) is 23.4 Å². The zero-order valence-corrected chi connectivity index (χ0v) is 18.0. The number of rotatable bonds is 7. The molecule has 1 aliphatic rings. The lowest BCUT2D eigenvalue weighted by Crippen LogP contribution is -2.12. The van der Waals surface area contributed by atoms with E-state index in [1.807, 2.05) is 6.07 Å². The molecule has 1 aromatic heterocycles. The molecular formula is C22H26ClNO4S. The highest BCUT2D eigenvalue weighted by Gasteiger charge is 2.20. The molecule has 0 bridgehead atoms. The highest BCUT2D eigenvalue weighted by atomic mass is 35.5. The first-order valence-electron chi connectivity index (χ1n) is 9.87. The first-order valence-corrected chi connectivity index (χ1v) is 11.9.